The van der Waals surface area contributed by atoms with Crippen molar-refractivity contribution in [2.24, 2.45) is 0 Å². The highest BCUT2D eigenvalue weighted by Gasteiger charge is 2.45. The number of nitrogens with zero attached hydrogens (tertiary/aromatic N) is 2. The molecule has 0 bridgehead atoms. The topological polar surface area (TPSA) is 8.17 Å². The molecule has 2 aromatic heterocycles. The van der Waals surface area contributed by atoms with Crippen LogP contribution in [0, 0.1) is 0 Å². The monoisotopic (exact) mass is 908 g/mol. The van der Waals surface area contributed by atoms with Gasteiger partial charge in [-0.25, -0.2) is 0 Å². The van der Waals surface area contributed by atoms with Gasteiger partial charge in [0.2, 0.25) is 0 Å². The minimum atomic E-state index is -0.473. The maximum absolute atomic E-state index is 2.42. The molecular weight excluding hydrogens is 865 g/mol. The highest BCUT2D eigenvalue weighted by atomic mass is 32.1. The second-order valence-electron chi connectivity index (χ2n) is 18.4. The Labute approximate surface area is 411 Å². The van der Waals surface area contributed by atoms with Crippen LogP contribution in [0.25, 0.3) is 81.0 Å². The third kappa shape index (κ3) is 6.19. The standard InChI is InChI=1S/C67H44N2S/c1-2-17-48(18-3-1)67(61-27-9-4-20-55(61)56-21-5-10-28-62(56)67)49-36-42-51(43-37-49)68(53-19-14-16-47(44-53)54-25-15-26-60-59-24-8-13-31-65(59)70-66(54)60)50-38-32-45(33-39-50)46-34-40-52(41-35-46)69-63-29-11-6-22-57(63)58-23-7-12-30-64(58)69/h1-44H. The van der Waals surface area contributed by atoms with E-state index in [-0.39, 0.29) is 0 Å². The van der Waals surface area contributed by atoms with Gasteiger partial charge in [0.05, 0.1) is 16.4 Å². The van der Waals surface area contributed by atoms with E-state index >= 15 is 0 Å². The molecule has 0 N–H and O–H groups in total. The van der Waals surface area contributed by atoms with Crippen LogP contribution in [0.2, 0.25) is 0 Å². The lowest BCUT2D eigenvalue weighted by atomic mass is 9.68. The minimum absolute atomic E-state index is 0.473. The second kappa shape index (κ2) is 16.2. The van der Waals surface area contributed by atoms with Crippen LogP contribution in [-0.2, 0) is 5.41 Å². The number of hydrogen-bond donors (Lipinski definition) is 0. The Kier molecular flexibility index (Phi) is 9.33. The number of benzene rings is 11. The molecule has 0 radical (unpaired) electrons. The van der Waals surface area contributed by atoms with Crippen LogP contribution < -0.4 is 4.90 Å². The van der Waals surface area contributed by atoms with Gasteiger partial charge < -0.3 is 9.47 Å². The molecule has 0 fully saturated rings. The molecule has 0 atom stereocenters. The molecule has 2 heterocycles. The van der Waals surface area contributed by atoms with Crippen molar-refractivity contribution in [3.05, 3.63) is 289 Å². The molecule has 0 saturated carbocycles. The Morgan fingerprint density at radius 2 is 0.829 bits per heavy atom. The number of fused-ring (bicyclic) bond motifs is 9. The number of rotatable bonds is 8. The highest BCUT2D eigenvalue weighted by Crippen LogP contribution is 2.56. The van der Waals surface area contributed by atoms with Crippen molar-refractivity contribution in [1.82, 2.24) is 4.57 Å². The summed E-state index contributed by atoms with van der Waals surface area (Å²) in [5.74, 6) is 0. The molecule has 0 aliphatic heterocycles. The summed E-state index contributed by atoms with van der Waals surface area (Å²) >= 11 is 1.88. The van der Waals surface area contributed by atoms with E-state index in [9.17, 15) is 0 Å². The lowest BCUT2D eigenvalue weighted by molar-refractivity contribution is 0.768. The Balaban J connectivity index is 0.888. The Bertz CT molecular complexity index is 4010. The van der Waals surface area contributed by atoms with Crippen LogP contribution >= 0.6 is 11.3 Å². The van der Waals surface area contributed by atoms with Crippen LogP contribution in [0.4, 0.5) is 17.1 Å². The molecule has 1 aliphatic rings. The van der Waals surface area contributed by atoms with Gasteiger partial charge in [-0.3, -0.25) is 0 Å². The lowest BCUT2D eigenvalue weighted by Gasteiger charge is -2.34. The van der Waals surface area contributed by atoms with Crippen molar-refractivity contribution in [3.8, 4) is 39.1 Å². The molecule has 0 unspecified atom stereocenters. The molecule has 3 heteroatoms. The average molecular weight is 909 g/mol. The fourth-order valence-corrected chi connectivity index (χ4v) is 12.9. The summed E-state index contributed by atoms with van der Waals surface area (Å²) in [5, 5.41) is 5.15. The van der Waals surface area contributed by atoms with Crippen LogP contribution in [-0.4, -0.2) is 4.57 Å². The van der Waals surface area contributed by atoms with Crippen LogP contribution in [0.5, 0.6) is 0 Å². The molecule has 14 rings (SSSR count). The summed E-state index contributed by atoms with van der Waals surface area (Å²) in [6, 6.07) is 98.4. The quantitative estimate of drug-likeness (QED) is 0.147. The number of para-hydroxylation sites is 2. The van der Waals surface area contributed by atoms with E-state index in [0.29, 0.717) is 0 Å². The molecule has 70 heavy (non-hydrogen) atoms. The number of hydrogen-bond acceptors (Lipinski definition) is 2. The van der Waals surface area contributed by atoms with E-state index < -0.39 is 5.41 Å². The van der Waals surface area contributed by atoms with Crippen LogP contribution in [0.3, 0.4) is 0 Å². The lowest BCUT2D eigenvalue weighted by Crippen LogP contribution is -2.28. The maximum Gasteiger partial charge on any atom is 0.0713 e. The first kappa shape index (κ1) is 40.3. The van der Waals surface area contributed by atoms with Crippen LogP contribution in [0.1, 0.15) is 22.3 Å². The summed E-state index contributed by atoms with van der Waals surface area (Å²) in [6.45, 7) is 0. The van der Waals surface area contributed by atoms with E-state index in [0.717, 1.165) is 22.7 Å². The normalized spacial score (nSPS) is 12.7. The summed E-state index contributed by atoms with van der Waals surface area (Å²) in [4.78, 5) is 2.42. The van der Waals surface area contributed by atoms with Crippen molar-refractivity contribution < 1.29 is 0 Å². The van der Waals surface area contributed by atoms with Gasteiger partial charge in [0, 0.05) is 53.7 Å². The summed E-state index contributed by atoms with van der Waals surface area (Å²) in [7, 11) is 0. The molecule has 0 spiro atoms. The summed E-state index contributed by atoms with van der Waals surface area (Å²) in [6.07, 6.45) is 0. The predicted molar refractivity (Wildman–Crippen MR) is 297 cm³/mol. The molecule has 1 aliphatic carbocycles. The van der Waals surface area contributed by atoms with Gasteiger partial charge in [0.1, 0.15) is 0 Å². The van der Waals surface area contributed by atoms with Crippen molar-refractivity contribution >= 4 is 70.4 Å². The molecule has 328 valence electrons. The SMILES string of the molecule is c1ccc(C2(c3ccc(N(c4ccc(-c5ccc(-n6c7ccccc7c7ccccc76)cc5)cc4)c4cccc(-c5cccc6c5sc5ccccc56)c4)cc3)c3ccccc3-c3ccccc32)cc1. The van der Waals surface area contributed by atoms with Gasteiger partial charge in [0.25, 0.3) is 0 Å². The third-order valence-electron chi connectivity index (χ3n) is 14.7. The number of aromatic nitrogens is 1. The first-order valence-corrected chi connectivity index (χ1v) is 24.9. The second-order valence-corrected chi connectivity index (χ2v) is 19.4. The average Bonchev–Trinajstić information content (AvgIpc) is 4.09. The fraction of sp³-hybridized carbons (Fsp3) is 0.0149. The third-order valence-corrected chi connectivity index (χ3v) is 15.9. The molecule has 2 nitrogen and oxygen atoms in total. The van der Waals surface area contributed by atoms with E-state index in [2.05, 4.69) is 276 Å². The van der Waals surface area contributed by atoms with Crippen molar-refractivity contribution in [2.75, 3.05) is 4.90 Å². The molecule has 13 aromatic rings. The van der Waals surface area contributed by atoms with Crippen molar-refractivity contribution in [1.29, 1.82) is 0 Å². The van der Waals surface area contributed by atoms with Crippen molar-refractivity contribution in [3.63, 3.8) is 0 Å². The van der Waals surface area contributed by atoms with E-state index in [1.807, 2.05) is 11.3 Å². The zero-order valence-electron chi connectivity index (χ0n) is 38.2. The Morgan fingerprint density at radius 1 is 0.329 bits per heavy atom. The van der Waals surface area contributed by atoms with E-state index in [4.69, 9.17) is 0 Å². The largest absolute Gasteiger partial charge is 0.310 e. The molecule has 11 aromatic carbocycles. The van der Waals surface area contributed by atoms with Gasteiger partial charge in [-0.2, -0.15) is 0 Å². The number of thiophene rings is 1. The van der Waals surface area contributed by atoms with Gasteiger partial charge in [-0.1, -0.05) is 200 Å². The van der Waals surface area contributed by atoms with Gasteiger partial charge in [-0.15, -0.1) is 11.3 Å². The first-order chi connectivity index (χ1) is 34.7. The fourth-order valence-electron chi connectivity index (χ4n) is 11.6. The van der Waals surface area contributed by atoms with E-state index in [1.165, 1.54) is 97.6 Å². The van der Waals surface area contributed by atoms with Gasteiger partial charge >= 0.3 is 0 Å². The maximum atomic E-state index is 2.42. The summed E-state index contributed by atoms with van der Waals surface area (Å²) < 4.78 is 5.00. The summed E-state index contributed by atoms with van der Waals surface area (Å²) in [5.41, 5.74) is 18.9. The first-order valence-electron chi connectivity index (χ1n) is 24.1. The van der Waals surface area contributed by atoms with Crippen molar-refractivity contribution in [2.45, 2.75) is 5.41 Å². The predicted octanol–water partition coefficient (Wildman–Crippen LogP) is 18.3. The van der Waals surface area contributed by atoms with Gasteiger partial charge in [0.15, 0.2) is 0 Å². The smallest absolute Gasteiger partial charge is 0.0713 e. The minimum Gasteiger partial charge on any atom is -0.310 e. The molecular formula is C67H44N2S. The Hall–Kier alpha value is -8.76. The van der Waals surface area contributed by atoms with E-state index in [1.54, 1.807) is 0 Å². The zero-order valence-corrected chi connectivity index (χ0v) is 39.0. The zero-order chi connectivity index (χ0) is 46.2. The molecule has 0 saturated heterocycles. The Morgan fingerprint density at radius 3 is 1.50 bits per heavy atom. The molecule has 0 amide bonds. The highest BCUT2D eigenvalue weighted by molar-refractivity contribution is 7.26. The number of anilines is 3. The van der Waals surface area contributed by atoms with Crippen LogP contribution in [0.15, 0.2) is 267 Å². The van der Waals surface area contributed by atoms with Gasteiger partial charge in [-0.05, 0) is 122 Å².